The molecule has 0 amide bonds. The second kappa shape index (κ2) is 3.46. The molecule has 3 nitrogen and oxygen atoms in total. The van der Waals surface area contributed by atoms with E-state index in [1.54, 1.807) is 6.92 Å². The molecule has 0 fully saturated rings. The zero-order chi connectivity index (χ0) is 5.70. The van der Waals surface area contributed by atoms with E-state index in [9.17, 15) is 0 Å². The monoisotopic (exact) mass is 102 g/mol. The van der Waals surface area contributed by atoms with Crippen molar-refractivity contribution in [3.8, 4) is 0 Å². The summed E-state index contributed by atoms with van der Waals surface area (Å²) in [6.07, 6.45) is 0. The van der Waals surface area contributed by atoms with E-state index >= 15 is 0 Å². The number of rotatable bonds is 1. The minimum absolute atomic E-state index is 0.530. The molecule has 0 rings (SSSR count). The van der Waals surface area contributed by atoms with Gasteiger partial charge in [0.05, 0.1) is 6.61 Å². The lowest BCUT2D eigenvalue weighted by molar-refractivity contribution is 0.323. The third-order valence-corrected chi connectivity index (χ3v) is 0.535. The van der Waals surface area contributed by atoms with Crippen LogP contribution in [0.1, 0.15) is 13.8 Å². The minimum Gasteiger partial charge on any atom is -0.480 e. The van der Waals surface area contributed by atoms with Gasteiger partial charge in [-0.15, -0.1) is 5.10 Å². The van der Waals surface area contributed by atoms with E-state index in [4.69, 9.17) is 10.6 Å². The zero-order valence-electron chi connectivity index (χ0n) is 4.64. The number of hydrogen-bond donors (Lipinski definition) is 1. The number of hydrogen-bond acceptors (Lipinski definition) is 3. The molecule has 0 aliphatic carbocycles. The van der Waals surface area contributed by atoms with E-state index in [1.807, 2.05) is 6.92 Å². The van der Waals surface area contributed by atoms with Crippen LogP contribution in [0.15, 0.2) is 5.10 Å². The molecule has 0 saturated heterocycles. The van der Waals surface area contributed by atoms with Crippen molar-refractivity contribution in [2.24, 2.45) is 10.9 Å². The number of hydrazone groups is 1. The number of nitrogens with two attached hydrogens (primary N) is 1. The molecule has 0 atom stereocenters. The van der Waals surface area contributed by atoms with Gasteiger partial charge in [-0.2, -0.15) is 0 Å². The molecular formula is C4H10N2O. The number of ether oxygens (including phenoxy) is 1. The van der Waals surface area contributed by atoms with Gasteiger partial charge in [-0.05, 0) is 6.92 Å². The first-order valence-electron chi connectivity index (χ1n) is 2.18. The largest absolute Gasteiger partial charge is 0.480 e. The Kier molecular flexibility index (Phi) is 3.10. The highest BCUT2D eigenvalue weighted by Gasteiger charge is 1.80. The van der Waals surface area contributed by atoms with Crippen molar-refractivity contribution in [2.75, 3.05) is 6.61 Å². The molecule has 0 saturated carbocycles. The molecule has 0 radical (unpaired) electrons. The van der Waals surface area contributed by atoms with Gasteiger partial charge in [0, 0.05) is 6.92 Å². The van der Waals surface area contributed by atoms with E-state index in [0.29, 0.717) is 12.5 Å². The first kappa shape index (κ1) is 6.27. The van der Waals surface area contributed by atoms with Crippen molar-refractivity contribution in [1.29, 1.82) is 0 Å². The maximum atomic E-state index is 4.82. The molecule has 0 spiro atoms. The Labute approximate surface area is 43.2 Å². The van der Waals surface area contributed by atoms with Crippen LogP contribution in [-0.4, -0.2) is 12.5 Å². The summed E-state index contributed by atoms with van der Waals surface area (Å²) in [5, 5.41) is 3.27. The lowest BCUT2D eigenvalue weighted by Gasteiger charge is -1.95. The third kappa shape index (κ3) is 3.09. The fraction of sp³-hybridized carbons (Fsp3) is 0.750. The van der Waals surface area contributed by atoms with Crippen LogP contribution in [0, 0.1) is 0 Å². The van der Waals surface area contributed by atoms with E-state index < -0.39 is 0 Å². The van der Waals surface area contributed by atoms with Gasteiger partial charge in [-0.1, -0.05) is 0 Å². The van der Waals surface area contributed by atoms with Gasteiger partial charge in [-0.25, -0.2) is 0 Å². The topological polar surface area (TPSA) is 47.6 Å². The SMILES string of the molecule is CCO/C(C)=N\N. The molecule has 0 bridgehead atoms. The average molecular weight is 102 g/mol. The van der Waals surface area contributed by atoms with Gasteiger partial charge in [0.1, 0.15) is 0 Å². The van der Waals surface area contributed by atoms with Crippen LogP contribution in [-0.2, 0) is 4.74 Å². The predicted molar refractivity (Wildman–Crippen MR) is 28.9 cm³/mol. The maximum Gasteiger partial charge on any atom is 0.202 e. The second-order valence-corrected chi connectivity index (χ2v) is 1.08. The molecule has 0 aliphatic rings. The standard InChI is InChI=1S/C4H10N2O/c1-3-7-4(2)6-5/h3,5H2,1-2H3/b6-4-. The molecule has 0 aromatic rings. The van der Waals surface area contributed by atoms with Gasteiger partial charge in [0.25, 0.3) is 0 Å². The van der Waals surface area contributed by atoms with E-state index in [1.165, 1.54) is 0 Å². The molecule has 3 heteroatoms. The molecule has 0 unspecified atom stereocenters. The molecule has 0 aliphatic heterocycles. The first-order chi connectivity index (χ1) is 3.31. The minimum atomic E-state index is 0.530. The van der Waals surface area contributed by atoms with Gasteiger partial charge < -0.3 is 10.6 Å². The second-order valence-electron chi connectivity index (χ2n) is 1.08. The molecule has 42 valence electrons. The van der Waals surface area contributed by atoms with Crippen LogP contribution in [0.3, 0.4) is 0 Å². The van der Waals surface area contributed by atoms with Gasteiger partial charge >= 0.3 is 0 Å². The summed E-state index contributed by atoms with van der Waals surface area (Å²) in [4.78, 5) is 0. The van der Waals surface area contributed by atoms with Gasteiger partial charge in [-0.3, -0.25) is 0 Å². The van der Waals surface area contributed by atoms with Crippen molar-refractivity contribution in [1.82, 2.24) is 0 Å². The normalized spacial score (nSPS) is 11.4. The summed E-state index contributed by atoms with van der Waals surface area (Å²) < 4.78 is 4.82. The van der Waals surface area contributed by atoms with E-state index in [-0.39, 0.29) is 0 Å². The van der Waals surface area contributed by atoms with Crippen molar-refractivity contribution in [3.63, 3.8) is 0 Å². The predicted octanol–water partition coefficient (Wildman–Crippen LogP) is 0.315. The van der Waals surface area contributed by atoms with Gasteiger partial charge in [0.15, 0.2) is 0 Å². The Balaban J connectivity index is 3.17. The molecule has 0 aromatic heterocycles. The highest BCUT2D eigenvalue weighted by Crippen LogP contribution is 1.74. The summed E-state index contributed by atoms with van der Waals surface area (Å²) in [6.45, 7) is 4.23. The van der Waals surface area contributed by atoms with Crippen LogP contribution in [0.4, 0.5) is 0 Å². The molecular weight excluding hydrogens is 92.1 g/mol. The number of nitrogens with zero attached hydrogens (tertiary/aromatic N) is 1. The molecule has 0 aromatic carbocycles. The van der Waals surface area contributed by atoms with Crippen LogP contribution in [0.5, 0.6) is 0 Å². The van der Waals surface area contributed by atoms with Gasteiger partial charge in [0.2, 0.25) is 5.90 Å². The summed E-state index contributed by atoms with van der Waals surface area (Å²) in [6, 6.07) is 0. The first-order valence-corrected chi connectivity index (χ1v) is 2.18. The van der Waals surface area contributed by atoms with Crippen molar-refractivity contribution < 1.29 is 4.74 Å². The Morgan fingerprint density at radius 2 is 2.43 bits per heavy atom. The summed E-state index contributed by atoms with van der Waals surface area (Å²) in [5.41, 5.74) is 0. The van der Waals surface area contributed by atoms with Crippen LogP contribution >= 0.6 is 0 Å². The zero-order valence-corrected chi connectivity index (χ0v) is 4.64. The summed E-state index contributed by atoms with van der Waals surface area (Å²) in [5.74, 6) is 5.35. The van der Waals surface area contributed by atoms with Crippen molar-refractivity contribution in [3.05, 3.63) is 0 Å². The van der Waals surface area contributed by atoms with Crippen LogP contribution in [0.2, 0.25) is 0 Å². The Morgan fingerprint density at radius 1 is 1.86 bits per heavy atom. The van der Waals surface area contributed by atoms with Crippen molar-refractivity contribution in [2.45, 2.75) is 13.8 Å². The van der Waals surface area contributed by atoms with E-state index in [0.717, 1.165) is 0 Å². The quantitative estimate of drug-likeness (QED) is 0.224. The lowest BCUT2D eigenvalue weighted by Crippen LogP contribution is -2.01. The Hall–Kier alpha value is -0.730. The van der Waals surface area contributed by atoms with E-state index in [2.05, 4.69) is 5.10 Å². The molecule has 2 N–H and O–H groups in total. The average Bonchev–Trinajstić information content (AvgIpc) is 1.68. The van der Waals surface area contributed by atoms with Crippen molar-refractivity contribution >= 4 is 5.90 Å². The smallest absolute Gasteiger partial charge is 0.202 e. The highest BCUT2D eigenvalue weighted by atomic mass is 16.5. The maximum absolute atomic E-state index is 4.82. The third-order valence-electron chi connectivity index (χ3n) is 0.535. The highest BCUT2D eigenvalue weighted by molar-refractivity contribution is 5.72. The molecule has 7 heavy (non-hydrogen) atoms. The summed E-state index contributed by atoms with van der Waals surface area (Å²) >= 11 is 0. The lowest BCUT2D eigenvalue weighted by atomic mass is 10.7. The Bertz CT molecular complexity index is 70.1. The summed E-state index contributed by atoms with van der Waals surface area (Å²) in [7, 11) is 0. The fourth-order valence-corrected chi connectivity index (χ4v) is 0.246. The molecule has 0 heterocycles. The van der Waals surface area contributed by atoms with Crippen LogP contribution < -0.4 is 5.84 Å². The van der Waals surface area contributed by atoms with Crippen LogP contribution in [0.25, 0.3) is 0 Å². The fourth-order valence-electron chi connectivity index (χ4n) is 0.246. The Morgan fingerprint density at radius 3 is 2.57 bits per heavy atom.